The summed E-state index contributed by atoms with van der Waals surface area (Å²) in [6.07, 6.45) is 0. The smallest absolute Gasteiger partial charge is 0.338 e. The maximum atomic E-state index is 11.6. The fraction of sp³-hybridized carbons (Fsp3) is 0.250. The highest BCUT2D eigenvalue weighted by Gasteiger charge is 2.11. The van der Waals surface area contributed by atoms with Crippen molar-refractivity contribution in [3.63, 3.8) is 0 Å². The van der Waals surface area contributed by atoms with Gasteiger partial charge in [0.15, 0.2) is 4.34 Å². The number of aromatic nitrogens is 2. The van der Waals surface area contributed by atoms with Crippen LogP contribution in [0.2, 0.25) is 0 Å². The Morgan fingerprint density at radius 1 is 1.53 bits per heavy atom. The molecule has 1 heterocycles. The molecule has 0 aliphatic rings. The Hall–Kier alpha value is -1.60. The summed E-state index contributed by atoms with van der Waals surface area (Å²) in [4.78, 5) is 16.7. The number of hydrogen-bond acceptors (Lipinski definition) is 7. The lowest BCUT2D eigenvalue weighted by Gasteiger charge is -2.06. The zero-order valence-electron chi connectivity index (χ0n) is 10.5. The fourth-order valence-electron chi connectivity index (χ4n) is 1.40. The number of nitrogens with two attached hydrogens (primary N) is 1. The molecule has 2 N–H and O–H groups in total. The van der Waals surface area contributed by atoms with Gasteiger partial charge in [-0.3, -0.25) is 0 Å². The van der Waals surface area contributed by atoms with Crippen molar-refractivity contribution in [3.05, 3.63) is 29.6 Å². The normalized spacial score (nSPS) is 10.4. The van der Waals surface area contributed by atoms with Crippen molar-refractivity contribution >= 4 is 35.0 Å². The van der Waals surface area contributed by atoms with Crippen LogP contribution >= 0.6 is 23.3 Å². The van der Waals surface area contributed by atoms with E-state index in [1.54, 1.807) is 25.1 Å². The Kier molecular flexibility index (Phi) is 4.39. The van der Waals surface area contributed by atoms with E-state index in [2.05, 4.69) is 9.36 Å². The first kappa shape index (κ1) is 13.8. The first-order valence-electron chi connectivity index (χ1n) is 5.65. The number of aryl methyl sites for hydroxylation is 1. The van der Waals surface area contributed by atoms with Crippen molar-refractivity contribution < 1.29 is 9.53 Å². The number of ether oxygens (including phenoxy) is 1. The van der Waals surface area contributed by atoms with Crippen LogP contribution in [0.3, 0.4) is 0 Å². The third kappa shape index (κ3) is 3.45. The lowest BCUT2D eigenvalue weighted by molar-refractivity contribution is 0.0526. The van der Waals surface area contributed by atoms with Crippen molar-refractivity contribution in [1.82, 2.24) is 9.36 Å². The Morgan fingerprint density at radius 3 is 2.89 bits per heavy atom. The van der Waals surface area contributed by atoms with E-state index in [4.69, 9.17) is 10.5 Å². The third-order valence-corrected chi connectivity index (χ3v) is 4.16. The molecule has 0 saturated carbocycles. The minimum Gasteiger partial charge on any atom is -0.462 e. The van der Waals surface area contributed by atoms with Crippen LogP contribution in [0, 0.1) is 6.92 Å². The largest absolute Gasteiger partial charge is 0.462 e. The zero-order chi connectivity index (χ0) is 13.8. The molecule has 0 fully saturated rings. The van der Waals surface area contributed by atoms with Crippen molar-refractivity contribution in [2.45, 2.75) is 23.1 Å². The molecule has 2 rings (SSSR count). The monoisotopic (exact) mass is 295 g/mol. The van der Waals surface area contributed by atoms with Crippen molar-refractivity contribution in [2.24, 2.45) is 0 Å². The van der Waals surface area contributed by atoms with Gasteiger partial charge in [0, 0.05) is 10.6 Å². The number of nitrogens with zero attached hydrogens (tertiary/aromatic N) is 2. The lowest BCUT2D eigenvalue weighted by Crippen LogP contribution is -2.05. The van der Waals surface area contributed by atoms with E-state index in [1.807, 2.05) is 6.92 Å². The molecular formula is C12H13N3O2S2. The van der Waals surface area contributed by atoms with Crippen molar-refractivity contribution in [2.75, 3.05) is 12.3 Å². The Balaban J connectivity index is 2.17. The standard InChI is InChI=1S/C12H13N3O2S2/c1-3-17-11(16)8-4-5-10(9(13)6-8)18-12-14-7(2)15-19-12/h4-6H,3,13H2,1-2H3. The molecule has 0 saturated heterocycles. The Morgan fingerprint density at radius 2 is 2.32 bits per heavy atom. The van der Waals surface area contributed by atoms with Crippen LogP contribution in [-0.2, 0) is 4.74 Å². The van der Waals surface area contributed by atoms with E-state index < -0.39 is 0 Å². The molecule has 1 aromatic carbocycles. The van der Waals surface area contributed by atoms with Crippen LogP contribution in [-0.4, -0.2) is 21.9 Å². The molecule has 2 aromatic rings. The average molecular weight is 295 g/mol. The Bertz CT molecular complexity index is 598. The number of nitrogen functional groups attached to an aromatic ring is 1. The van der Waals surface area contributed by atoms with Crippen LogP contribution in [0.15, 0.2) is 27.4 Å². The third-order valence-electron chi connectivity index (χ3n) is 2.23. The minimum absolute atomic E-state index is 0.347. The number of rotatable bonds is 4. The zero-order valence-corrected chi connectivity index (χ0v) is 12.2. The maximum absolute atomic E-state index is 11.6. The summed E-state index contributed by atoms with van der Waals surface area (Å²) in [7, 11) is 0. The number of hydrogen-bond donors (Lipinski definition) is 1. The average Bonchev–Trinajstić information content (AvgIpc) is 2.78. The van der Waals surface area contributed by atoms with Gasteiger partial charge in [-0.05, 0) is 43.6 Å². The van der Waals surface area contributed by atoms with E-state index in [0.29, 0.717) is 17.9 Å². The molecular weight excluding hydrogens is 282 g/mol. The highest BCUT2D eigenvalue weighted by molar-refractivity contribution is 8.01. The van der Waals surface area contributed by atoms with Gasteiger partial charge in [-0.1, -0.05) is 11.8 Å². The van der Waals surface area contributed by atoms with E-state index in [-0.39, 0.29) is 5.97 Å². The summed E-state index contributed by atoms with van der Waals surface area (Å²) in [5.74, 6) is 0.381. The molecule has 5 nitrogen and oxygen atoms in total. The first-order valence-corrected chi connectivity index (χ1v) is 7.24. The van der Waals surface area contributed by atoms with E-state index in [1.165, 1.54) is 23.3 Å². The predicted molar refractivity (Wildman–Crippen MR) is 75.6 cm³/mol. The van der Waals surface area contributed by atoms with E-state index in [9.17, 15) is 4.79 Å². The molecule has 7 heteroatoms. The van der Waals surface area contributed by atoms with Crippen molar-refractivity contribution in [3.8, 4) is 0 Å². The van der Waals surface area contributed by atoms with Crippen LogP contribution in [0.25, 0.3) is 0 Å². The van der Waals surface area contributed by atoms with Crippen molar-refractivity contribution in [1.29, 1.82) is 0 Å². The summed E-state index contributed by atoms with van der Waals surface area (Å²) >= 11 is 2.76. The summed E-state index contributed by atoms with van der Waals surface area (Å²) in [5.41, 5.74) is 6.92. The fourth-order valence-corrected chi connectivity index (χ4v) is 3.03. The molecule has 0 spiro atoms. The molecule has 1 aromatic heterocycles. The number of benzene rings is 1. The summed E-state index contributed by atoms with van der Waals surface area (Å²) in [6.45, 7) is 3.95. The topological polar surface area (TPSA) is 78.1 Å². The highest BCUT2D eigenvalue weighted by atomic mass is 32.2. The second-order valence-electron chi connectivity index (χ2n) is 3.68. The lowest BCUT2D eigenvalue weighted by atomic mass is 10.2. The number of anilines is 1. The Labute approximate surface area is 119 Å². The van der Waals surface area contributed by atoms with E-state index >= 15 is 0 Å². The predicted octanol–water partition coefficient (Wildman–Crippen LogP) is 2.76. The first-order chi connectivity index (χ1) is 9.10. The van der Waals surface area contributed by atoms with E-state index in [0.717, 1.165) is 15.1 Å². The number of esters is 1. The molecule has 0 bridgehead atoms. The molecule has 19 heavy (non-hydrogen) atoms. The van der Waals surface area contributed by atoms with Gasteiger partial charge >= 0.3 is 5.97 Å². The number of carbonyl (C=O) groups excluding carboxylic acids is 1. The van der Waals surface area contributed by atoms with Gasteiger partial charge in [-0.2, -0.15) is 4.37 Å². The van der Waals surface area contributed by atoms with Crippen LogP contribution in [0.5, 0.6) is 0 Å². The molecule has 0 radical (unpaired) electrons. The summed E-state index contributed by atoms with van der Waals surface area (Å²) < 4.78 is 9.86. The second-order valence-corrected chi connectivity index (χ2v) is 5.72. The van der Waals surface area contributed by atoms with Crippen LogP contribution in [0.4, 0.5) is 5.69 Å². The SMILES string of the molecule is CCOC(=O)c1ccc(Sc2nc(C)ns2)c(N)c1. The van der Waals surface area contributed by atoms with Gasteiger partial charge in [0.1, 0.15) is 5.82 Å². The molecule has 0 aliphatic carbocycles. The highest BCUT2D eigenvalue weighted by Crippen LogP contribution is 2.33. The van der Waals surface area contributed by atoms with Gasteiger partial charge in [-0.25, -0.2) is 9.78 Å². The van der Waals surface area contributed by atoms with Gasteiger partial charge in [0.2, 0.25) is 0 Å². The van der Waals surface area contributed by atoms with Crippen LogP contribution in [0.1, 0.15) is 23.1 Å². The van der Waals surface area contributed by atoms with Gasteiger partial charge in [0.05, 0.1) is 12.2 Å². The summed E-state index contributed by atoms with van der Waals surface area (Å²) in [5, 5.41) is 0. The molecule has 0 aliphatic heterocycles. The molecule has 0 atom stereocenters. The molecule has 100 valence electrons. The minimum atomic E-state index is -0.363. The molecule has 0 amide bonds. The van der Waals surface area contributed by atoms with Crippen LogP contribution < -0.4 is 5.73 Å². The molecule has 0 unspecified atom stereocenters. The van der Waals surface area contributed by atoms with Gasteiger partial charge in [-0.15, -0.1) is 0 Å². The quantitative estimate of drug-likeness (QED) is 0.690. The van der Waals surface area contributed by atoms with Gasteiger partial charge < -0.3 is 10.5 Å². The van der Waals surface area contributed by atoms with Gasteiger partial charge in [0.25, 0.3) is 0 Å². The number of carbonyl (C=O) groups is 1. The summed E-state index contributed by atoms with van der Waals surface area (Å²) in [6, 6.07) is 5.11. The maximum Gasteiger partial charge on any atom is 0.338 e. The second kappa shape index (κ2) is 6.03.